The highest BCUT2D eigenvalue weighted by Gasteiger charge is 2.39. The predicted octanol–water partition coefficient (Wildman–Crippen LogP) is 4.70. The summed E-state index contributed by atoms with van der Waals surface area (Å²) in [5.74, 6) is 2.76. The number of nitrogens with two attached hydrogens (primary N) is 1. The molecule has 2 aromatic carbocycles. The van der Waals surface area contributed by atoms with Crippen LogP contribution in [-0.2, 0) is 0 Å². The van der Waals surface area contributed by atoms with Crippen molar-refractivity contribution >= 4 is 21.8 Å². The van der Waals surface area contributed by atoms with Crippen LogP contribution in [0.5, 0.6) is 23.0 Å². The van der Waals surface area contributed by atoms with Crippen LogP contribution in [0.15, 0.2) is 48.7 Å². The van der Waals surface area contributed by atoms with E-state index in [-0.39, 0.29) is 5.54 Å². The van der Waals surface area contributed by atoms with Crippen molar-refractivity contribution in [2.24, 2.45) is 5.73 Å². The first-order chi connectivity index (χ1) is 14.0. The maximum Gasteiger partial charge on any atom is 0.163 e. The number of H-pyrrole nitrogens is 1. The summed E-state index contributed by atoms with van der Waals surface area (Å²) in [5.41, 5.74) is 8.93. The number of aromatic amines is 1. The van der Waals surface area contributed by atoms with Gasteiger partial charge in [0.05, 0.1) is 18.2 Å². The van der Waals surface area contributed by atoms with Gasteiger partial charge in [-0.2, -0.15) is 0 Å². The second-order valence-electron chi connectivity index (χ2n) is 7.78. The van der Waals surface area contributed by atoms with Gasteiger partial charge in [-0.3, -0.25) is 4.98 Å². The Balaban J connectivity index is 1.49. The Hall–Kier alpha value is -3.25. The van der Waals surface area contributed by atoms with E-state index in [9.17, 15) is 0 Å². The number of nitrogens with zero attached hydrogens (tertiary/aromatic N) is 1. The maximum atomic E-state index is 6.20. The highest BCUT2D eigenvalue weighted by Crippen LogP contribution is 2.39. The van der Waals surface area contributed by atoms with E-state index in [0.29, 0.717) is 23.9 Å². The molecular formula is C23H23N3O3. The molecular weight excluding hydrogens is 366 g/mol. The quantitative estimate of drug-likeness (QED) is 0.500. The lowest BCUT2D eigenvalue weighted by Gasteiger charge is -2.16. The molecule has 0 amide bonds. The van der Waals surface area contributed by atoms with Gasteiger partial charge in [-0.25, -0.2) is 0 Å². The molecule has 1 fully saturated rings. The summed E-state index contributed by atoms with van der Waals surface area (Å²) < 4.78 is 17.7. The van der Waals surface area contributed by atoms with Crippen molar-refractivity contribution in [3.63, 3.8) is 0 Å². The van der Waals surface area contributed by atoms with Gasteiger partial charge >= 0.3 is 0 Å². The van der Waals surface area contributed by atoms with Crippen LogP contribution in [0, 0.1) is 6.92 Å². The van der Waals surface area contributed by atoms with Crippen LogP contribution in [0.2, 0.25) is 0 Å². The number of nitrogens with one attached hydrogen (secondary N) is 1. The van der Waals surface area contributed by atoms with Crippen LogP contribution < -0.4 is 19.9 Å². The molecule has 1 aliphatic carbocycles. The Morgan fingerprint density at radius 3 is 2.72 bits per heavy atom. The fraction of sp³-hybridized carbons (Fsp3) is 0.261. The number of fused-ring (bicyclic) bond motifs is 2. The lowest BCUT2D eigenvalue weighted by molar-refractivity contribution is 0.264. The fourth-order valence-electron chi connectivity index (χ4n) is 3.46. The summed E-state index contributed by atoms with van der Waals surface area (Å²) in [5, 5.41) is 1.97. The molecule has 1 aliphatic rings. The predicted molar refractivity (Wildman–Crippen MR) is 113 cm³/mol. The van der Waals surface area contributed by atoms with E-state index in [1.165, 1.54) is 0 Å². The molecule has 4 aromatic rings. The third kappa shape index (κ3) is 3.47. The van der Waals surface area contributed by atoms with Gasteiger partial charge in [0.1, 0.15) is 18.1 Å². The van der Waals surface area contributed by atoms with Crippen molar-refractivity contribution < 1.29 is 14.2 Å². The van der Waals surface area contributed by atoms with Gasteiger partial charge in [-0.15, -0.1) is 0 Å². The molecule has 2 aromatic heterocycles. The normalized spacial score (nSPS) is 14.9. The zero-order valence-electron chi connectivity index (χ0n) is 16.5. The molecule has 148 valence electrons. The number of hydrogen-bond donors (Lipinski definition) is 2. The van der Waals surface area contributed by atoms with Crippen molar-refractivity contribution in [2.75, 3.05) is 13.7 Å². The summed E-state index contributed by atoms with van der Waals surface area (Å²) in [4.78, 5) is 7.80. The monoisotopic (exact) mass is 389 g/mol. The largest absolute Gasteiger partial charge is 0.493 e. The smallest absolute Gasteiger partial charge is 0.163 e. The van der Waals surface area contributed by atoms with Crippen molar-refractivity contribution in [2.45, 2.75) is 25.3 Å². The Morgan fingerprint density at radius 2 is 1.93 bits per heavy atom. The van der Waals surface area contributed by atoms with Gasteiger partial charge in [-0.1, -0.05) is 0 Å². The summed E-state index contributed by atoms with van der Waals surface area (Å²) in [6.07, 6.45) is 3.71. The lowest BCUT2D eigenvalue weighted by Crippen LogP contribution is -2.29. The number of hydrogen-bond acceptors (Lipinski definition) is 5. The summed E-state index contributed by atoms with van der Waals surface area (Å²) >= 11 is 0. The summed E-state index contributed by atoms with van der Waals surface area (Å²) in [6.45, 7) is 2.51. The Labute approximate surface area is 168 Å². The van der Waals surface area contributed by atoms with Gasteiger partial charge in [0.15, 0.2) is 11.5 Å². The molecule has 0 spiro atoms. The average molecular weight is 389 g/mol. The SMILES string of the molecule is COc1cc2c(Oc3ccc4[nH]c(C)cc4c3)ccnc2cc1OCC1(N)CC1. The lowest BCUT2D eigenvalue weighted by atomic mass is 10.1. The van der Waals surface area contributed by atoms with Crippen molar-refractivity contribution in [1.29, 1.82) is 0 Å². The first kappa shape index (κ1) is 17.8. The van der Waals surface area contributed by atoms with Crippen LogP contribution >= 0.6 is 0 Å². The van der Waals surface area contributed by atoms with E-state index in [1.54, 1.807) is 13.3 Å². The van der Waals surface area contributed by atoms with Crippen LogP contribution in [0.3, 0.4) is 0 Å². The highest BCUT2D eigenvalue weighted by atomic mass is 16.5. The summed E-state index contributed by atoms with van der Waals surface area (Å²) in [6, 6.07) is 13.7. The highest BCUT2D eigenvalue weighted by molar-refractivity contribution is 5.88. The molecule has 3 N–H and O–H groups in total. The van der Waals surface area contributed by atoms with Gasteiger partial charge in [0.2, 0.25) is 0 Å². The van der Waals surface area contributed by atoms with Crippen LogP contribution in [0.4, 0.5) is 0 Å². The molecule has 0 unspecified atom stereocenters. The van der Waals surface area contributed by atoms with Crippen molar-refractivity contribution in [3.05, 3.63) is 54.4 Å². The number of rotatable bonds is 6. The molecule has 29 heavy (non-hydrogen) atoms. The molecule has 0 atom stereocenters. The van der Waals surface area contributed by atoms with Gasteiger partial charge in [-0.05, 0) is 56.2 Å². The molecule has 6 heteroatoms. The van der Waals surface area contributed by atoms with E-state index in [0.717, 1.165) is 46.1 Å². The Bertz CT molecular complexity index is 1210. The third-order valence-corrected chi connectivity index (χ3v) is 5.35. The van der Waals surface area contributed by atoms with Crippen LogP contribution in [0.25, 0.3) is 21.8 Å². The number of pyridine rings is 1. The minimum atomic E-state index is -0.201. The van der Waals surface area contributed by atoms with Crippen LogP contribution in [-0.4, -0.2) is 29.2 Å². The van der Waals surface area contributed by atoms with Crippen molar-refractivity contribution in [3.8, 4) is 23.0 Å². The Kier molecular flexibility index (Phi) is 4.10. The molecule has 2 heterocycles. The molecule has 1 saturated carbocycles. The number of aromatic nitrogens is 2. The Morgan fingerprint density at radius 1 is 1.07 bits per heavy atom. The molecule has 0 radical (unpaired) electrons. The first-order valence-corrected chi connectivity index (χ1v) is 9.69. The summed E-state index contributed by atoms with van der Waals surface area (Å²) in [7, 11) is 1.63. The average Bonchev–Trinajstić information content (AvgIpc) is 3.33. The number of ether oxygens (including phenoxy) is 3. The third-order valence-electron chi connectivity index (χ3n) is 5.35. The molecule has 0 bridgehead atoms. The van der Waals surface area contributed by atoms with Gasteiger partial charge < -0.3 is 24.9 Å². The van der Waals surface area contributed by atoms with E-state index in [2.05, 4.69) is 16.0 Å². The van der Waals surface area contributed by atoms with Gasteiger partial charge in [0, 0.05) is 34.2 Å². The molecule has 5 rings (SSSR count). The second kappa shape index (κ2) is 6.67. The minimum absolute atomic E-state index is 0.201. The van der Waals surface area contributed by atoms with E-state index >= 15 is 0 Å². The minimum Gasteiger partial charge on any atom is -0.493 e. The number of methoxy groups -OCH3 is 1. The number of benzene rings is 2. The zero-order chi connectivity index (χ0) is 20.0. The number of aryl methyl sites for hydroxylation is 1. The maximum absolute atomic E-state index is 6.20. The van der Waals surface area contributed by atoms with Crippen molar-refractivity contribution in [1.82, 2.24) is 9.97 Å². The topological polar surface area (TPSA) is 82.4 Å². The molecule has 0 saturated heterocycles. The molecule has 6 nitrogen and oxygen atoms in total. The van der Waals surface area contributed by atoms with E-state index < -0.39 is 0 Å². The fourth-order valence-corrected chi connectivity index (χ4v) is 3.46. The standard InChI is InChI=1S/C23H23N3O3/c1-14-9-15-10-16(3-4-18(15)26-14)29-20-5-8-25-19-12-22(21(27-2)11-17(19)20)28-13-23(24)6-7-23/h3-5,8-12,26H,6-7,13,24H2,1-2H3. The second-order valence-corrected chi connectivity index (χ2v) is 7.78. The van der Waals surface area contributed by atoms with E-state index in [1.807, 2.05) is 43.3 Å². The first-order valence-electron chi connectivity index (χ1n) is 9.69. The molecule has 0 aliphatic heterocycles. The van der Waals surface area contributed by atoms with E-state index in [4.69, 9.17) is 19.9 Å². The zero-order valence-corrected chi connectivity index (χ0v) is 16.5. The van der Waals surface area contributed by atoms with Crippen LogP contribution in [0.1, 0.15) is 18.5 Å². The van der Waals surface area contributed by atoms with Gasteiger partial charge in [0.25, 0.3) is 0 Å².